The van der Waals surface area contributed by atoms with Crippen LogP contribution in [0.25, 0.3) is 0 Å². The number of nitrogens with one attached hydrogen (secondary N) is 1. The van der Waals surface area contributed by atoms with Gasteiger partial charge in [0.25, 0.3) is 0 Å². The molecule has 5 heteroatoms. The number of ether oxygens (including phenoxy) is 1. The van der Waals surface area contributed by atoms with Crippen molar-refractivity contribution in [2.24, 2.45) is 0 Å². The van der Waals surface area contributed by atoms with Crippen LogP contribution in [0.4, 0.5) is 4.79 Å². The topological polar surface area (TPSA) is 58.6 Å². The number of amides is 1. The van der Waals surface area contributed by atoms with Gasteiger partial charge < -0.3 is 15.2 Å². The number of rotatable bonds is 2. The predicted octanol–water partition coefficient (Wildman–Crippen LogP) is 1.98. The van der Waals surface area contributed by atoms with Crippen LogP contribution in [0.1, 0.15) is 18.1 Å². The molecule has 1 fully saturated rings. The molecule has 1 saturated heterocycles. The number of aliphatic hydroxyl groups is 1. The summed E-state index contributed by atoms with van der Waals surface area (Å²) in [6.07, 6.45) is -0.165. The quantitative estimate of drug-likeness (QED) is 0.874. The van der Waals surface area contributed by atoms with Gasteiger partial charge in [-0.1, -0.05) is 28.1 Å². The Hall–Kier alpha value is -1.07. The molecule has 1 aromatic rings. The van der Waals surface area contributed by atoms with E-state index in [4.69, 9.17) is 9.84 Å². The molecule has 16 heavy (non-hydrogen) atoms. The number of benzene rings is 1. The minimum absolute atomic E-state index is 0.0673. The van der Waals surface area contributed by atoms with E-state index in [0.29, 0.717) is 6.42 Å². The zero-order valence-electron chi connectivity index (χ0n) is 8.52. The zero-order valence-corrected chi connectivity index (χ0v) is 10.1. The maximum Gasteiger partial charge on any atom is 0.408 e. The summed E-state index contributed by atoms with van der Waals surface area (Å²) in [7, 11) is 0. The summed E-state index contributed by atoms with van der Waals surface area (Å²) in [5, 5.41) is 11.6. The molecule has 2 rings (SSSR count). The van der Waals surface area contributed by atoms with E-state index in [1.54, 1.807) is 0 Å². The van der Waals surface area contributed by atoms with Gasteiger partial charge in [-0.15, -0.1) is 0 Å². The molecule has 86 valence electrons. The van der Waals surface area contributed by atoms with Crippen molar-refractivity contribution in [2.45, 2.75) is 18.6 Å². The molecule has 0 bridgehead atoms. The van der Waals surface area contributed by atoms with Crippen LogP contribution in [0, 0.1) is 0 Å². The van der Waals surface area contributed by atoms with Crippen molar-refractivity contribution in [1.82, 2.24) is 5.32 Å². The maximum atomic E-state index is 11.2. The van der Waals surface area contributed by atoms with E-state index in [-0.39, 0.29) is 18.8 Å². The first kappa shape index (κ1) is 11.4. The van der Waals surface area contributed by atoms with Crippen LogP contribution in [0.2, 0.25) is 0 Å². The van der Waals surface area contributed by atoms with Gasteiger partial charge in [0, 0.05) is 10.9 Å². The van der Waals surface area contributed by atoms with Crippen LogP contribution in [0.15, 0.2) is 28.7 Å². The van der Waals surface area contributed by atoms with E-state index in [2.05, 4.69) is 21.2 Å². The van der Waals surface area contributed by atoms with Crippen LogP contribution < -0.4 is 5.32 Å². The maximum absolute atomic E-state index is 11.2. The molecule has 0 radical (unpaired) electrons. The number of halogens is 1. The SMILES string of the molecule is O=C1N[C@H](CO)C[C@@H](c2ccc(Br)cc2)O1. The summed E-state index contributed by atoms with van der Waals surface area (Å²) in [5.74, 6) is 0. The second-order valence-electron chi connectivity index (χ2n) is 3.71. The summed E-state index contributed by atoms with van der Waals surface area (Å²) >= 11 is 3.35. The highest BCUT2D eigenvalue weighted by Crippen LogP contribution is 2.27. The van der Waals surface area contributed by atoms with Crippen molar-refractivity contribution in [3.05, 3.63) is 34.3 Å². The molecule has 0 aromatic heterocycles. The van der Waals surface area contributed by atoms with Crippen LogP contribution in [0.3, 0.4) is 0 Å². The Morgan fingerprint density at radius 2 is 2.12 bits per heavy atom. The molecular weight excluding hydrogens is 274 g/mol. The molecule has 1 aliphatic heterocycles. The van der Waals surface area contributed by atoms with Crippen molar-refractivity contribution in [3.8, 4) is 0 Å². The third kappa shape index (κ3) is 2.54. The van der Waals surface area contributed by atoms with Crippen LogP contribution in [-0.4, -0.2) is 23.8 Å². The standard InChI is InChI=1S/C11H12BrNO3/c12-8-3-1-7(2-4-8)10-5-9(6-14)13-11(15)16-10/h1-4,9-10,14H,5-6H2,(H,13,15)/t9-,10-/m0/s1. The molecule has 0 unspecified atom stereocenters. The first-order valence-electron chi connectivity index (χ1n) is 5.02. The lowest BCUT2D eigenvalue weighted by molar-refractivity contribution is 0.0467. The van der Waals surface area contributed by atoms with Crippen LogP contribution >= 0.6 is 15.9 Å². The predicted molar refractivity (Wildman–Crippen MR) is 62.0 cm³/mol. The number of hydrogen-bond donors (Lipinski definition) is 2. The van der Waals surface area contributed by atoms with Crippen molar-refractivity contribution in [1.29, 1.82) is 0 Å². The molecule has 2 N–H and O–H groups in total. The normalized spacial score (nSPS) is 24.8. The Morgan fingerprint density at radius 1 is 1.44 bits per heavy atom. The molecule has 0 saturated carbocycles. The fourth-order valence-electron chi connectivity index (χ4n) is 1.70. The van der Waals surface area contributed by atoms with Gasteiger partial charge in [-0.05, 0) is 17.7 Å². The molecule has 1 amide bonds. The van der Waals surface area contributed by atoms with Gasteiger partial charge in [0.05, 0.1) is 12.6 Å². The smallest absolute Gasteiger partial charge is 0.408 e. The summed E-state index contributed by atoms with van der Waals surface area (Å²) < 4.78 is 6.15. The zero-order chi connectivity index (χ0) is 11.5. The lowest BCUT2D eigenvalue weighted by atomic mass is 10.0. The summed E-state index contributed by atoms with van der Waals surface area (Å²) in [4.78, 5) is 11.2. The molecule has 1 aliphatic rings. The molecule has 0 spiro atoms. The Kier molecular flexibility index (Phi) is 3.46. The average molecular weight is 286 g/mol. The molecule has 4 nitrogen and oxygen atoms in total. The number of carbonyl (C=O) groups is 1. The minimum Gasteiger partial charge on any atom is -0.441 e. The van der Waals surface area contributed by atoms with E-state index >= 15 is 0 Å². The third-order valence-electron chi connectivity index (χ3n) is 2.53. The van der Waals surface area contributed by atoms with E-state index < -0.39 is 6.09 Å². The monoisotopic (exact) mass is 285 g/mol. The number of aliphatic hydroxyl groups excluding tert-OH is 1. The minimum atomic E-state index is -0.474. The van der Waals surface area contributed by atoms with E-state index in [0.717, 1.165) is 10.0 Å². The van der Waals surface area contributed by atoms with Crippen LogP contribution in [-0.2, 0) is 4.74 Å². The number of carbonyl (C=O) groups excluding carboxylic acids is 1. The number of alkyl carbamates (subject to hydrolysis) is 1. The van der Waals surface area contributed by atoms with E-state index in [1.807, 2.05) is 24.3 Å². The van der Waals surface area contributed by atoms with Gasteiger partial charge in [0.1, 0.15) is 6.10 Å². The second-order valence-corrected chi connectivity index (χ2v) is 4.62. The van der Waals surface area contributed by atoms with Crippen molar-refractivity contribution < 1.29 is 14.6 Å². The van der Waals surface area contributed by atoms with Crippen molar-refractivity contribution in [3.63, 3.8) is 0 Å². The fraction of sp³-hybridized carbons (Fsp3) is 0.364. The largest absolute Gasteiger partial charge is 0.441 e. The second kappa shape index (κ2) is 4.84. The molecular formula is C11H12BrNO3. The van der Waals surface area contributed by atoms with Crippen molar-refractivity contribution >= 4 is 22.0 Å². The number of cyclic esters (lactones) is 1. The summed E-state index contributed by atoms with van der Waals surface area (Å²) in [6.45, 7) is -0.0673. The Labute approximate surface area is 102 Å². The van der Waals surface area contributed by atoms with Gasteiger partial charge in [0.2, 0.25) is 0 Å². The molecule has 1 heterocycles. The van der Waals surface area contributed by atoms with Gasteiger partial charge >= 0.3 is 6.09 Å². The Morgan fingerprint density at radius 3 is 2.75 bits per heavy atom. The highest BCUT2D eigenvalue weighted by Gasteiger charge is 2.28. The molecule has 1 aromatic carbocycles. The number of hydrogen-bond acceptors (Lipinski definition) is 3. The summed E-state index contributed by atoms with van der Waals surface area (Å²) in [5.41, 5.74) is 0.941. The third-order valence-corrected chi connectivity index (χ3v) is 3.06. The summed E-state index contributed by atoms with van der Waals surface area (Å²) in [6, 6.07) is 7.39. The van der Waals surface area contributed by atoms with Gasteiger partial charge in [0.15, 0.2) is 0 Å². The molecule has 2 atom stereocenters. The average Bonchev–Trinajstić information content (AvgIpc) is 2.29. The van der Waals surface area contributed by atoms with Crippen LogP contribution in [0.5, 0.6) is 0 Å². The Balaban J connectivity index is 2.14. The first-order valence-corrected chi connectivity index (χ1v) is 5.82. The highest BCUT2D eigenvalue weighted by molar-refractivity contribution is 9.10. The van der Waals surface area contributed by atoms with Gasteiger partial charge in [-0.25, -0.2) is 4.79 Å². The van der Waals surface area contributed by atoms with Gasteiger partial charge in [-0.3, -0.25) is 0 Å². The molecule has 0 aliphatic carbocycles. The highest BCUT2D eigenvalue weighted by atomic mass is 79.9. The lowest BCUT2D eigenvalue weighted by Crippen LogP contribution is -2.44. The first-order chi connectivity index (χ1) is 7.69. The lowest BCUT2D eigenvalue weighted by Gasteiger charge is -2.29. The van der Waals surface area contributed by atoms with E-state index in [9.17, 15) is 4.79 Å². The van der Waals surface area contributed by atoms with Crippen molar-refractivity contribution in [2.75, 3.05) is 6.61 Å². The Bertz CT molecular complexity index is 379. The van der Waals surface area contributed by atoms with E-state index in [1.165, 1.54) is 0 Å². The van der Waals surface area contributed by atoms with Gasteiger partial charge in [-0.2, -0.15) is 0 Å². The fourth-order valence-corrected chi connectivity index (χ4v) is 1.96.